The van der Waals surface area contributed by atoms with Gasteiger partial charge in [0.25, 0.3) is 11.5 Å². The maximum Gasteiger partial charge on any atom is 0.262 e. The fourth-order valence-corrected chi connectivity index (χ4v) is 2.86. The van der Waals surface area contributed by atoms with E-state index in [9.17, 15) is 14.4 Å². The molecule has 1 aromatic carbocycles. The first-order valence-electron chi connectivity index (χ1n) is 7.75. The molecule has 2 N–H and O–H groups in total. The second-order valence-electron chi connectivity index (χ2n) is 5.78. The zero-order chi connectivity index (χ0) is 19.7. The summed E-state index contributed by atoms with van der Waals surface area (Å²) in [5.74, 6) is -0.730. The van der Waals surface area contributed by atoms with Gasteiger partial charge in [-0.25, -0.2) is 4.98 Å². The highest BCUT2D eigenvalue weighted by atomic mass is 35.5. The van der Waals surface area contributed by atoms with Gasteiger partial charge >= 0.3 is 0 Å². The number of rotatable bonds is 4. The smallest absolute Gasteiger partial charge is 0.262 e. The number of hydrogen-bond donors (Lipinski definition) is 2. The predicted molar refractivity (Wildman–Crippen MR) is 101 cm³/mol. The van der Waals surface area contributed by atoms with Crippen LogP contribution in [0.15, 0.2) is 33.7 Å². The van der Waals surface area contributed by atoms with Crippen LogP contribution in [0.3, 0.4) is 0 Å². The lowest BCUT2D eigenvalue weighted by Crippen LogP contribution is -2.35. The van der Waals surface area contributed by atoms with Gasteiger partial charge in [-0.05, 0) is 25.1 Å². The lowest BCUT2D eigenvalue weighted by molar-refractivity contribution is -0.116. The van der Waals surface area contributed by atoms with Crippen LogP contribution in [0.5, 0.6) is 0 Å². The minimum atomic E-state index is -0.533. The molecule has 2 heterocycles. The molecule has 0 spiro atoms. The van der Waals surface area contributed by atoms with E-state index in [1.165, 1.54) is 24.3 Å². The molecule has 10 heteroatoms. The number of nitrogens with zero attached hydrogens (tertiary/aromatic N) is 2. The van der Waals surface area contributed by atoms with Gasteiger partial charge in [-0.3, -0.25) is 14.4 Å². The fourth-order valence-electron chi connectivity index (χ4n) is 2.56. The van der Waals surface area contributed by atoms with E-state index in [2.05, 4.69) is 15.3 Å². The average Bonchev–Trinajstić information content (AvgIpc) is 2.94. The third-order valence-electron chi connectivity index (χ3n) is 3.81. The van der Waals surface area contributed by atoms with Crippen molar-refractivity contribution >= 4 is 51.8 Å². The van der Waals surface area contributed by atoms with Crippen molar-refractivity contribution in [2.24, 2.45) is 0 Å². The van der Waals surface area contributed by atoms with E-state index in [1.807, 2.05) is 0 Å². The van der Waals surface area contributed by atoms with E-state index in [0.29, 0.717) is 15.7 Å². The molecule has 140 valence electrons. The van der Waals surface area contributed by atoms with Crippen molar-refractivity contribution in [3.63, 3.8) is 0 Å². The SMILES string of the molecule is Cc1oc2nc[nH]c(=O)c2c1C(=O)N(C)CC(=O)Nc1ccc(Cl)c(Cl)c1. The van der Waals surface area contributed by atoms with Crippen LogP contribution in [-0.2, 0) is 4.79 Å². The molecule has 2 amide bonds. The van der Waals surface area contributed by atoms with Crippen molar-refractivity contribution in [2.45, 2.75) is 6.92 Å². The normalized spacial score (nSPS) is 10.8. The van der Waals surface area contributed by atoms with Gasteiger partial charge in [0.05, 0.1) is 28.5 Å². The molecular formula is C17H14Cl2N4O4. The molecule has 2 aromatic heterocycles. The number of halogens is 2. The van der Waals surface area contributed by atoms with E-state index in [4.69, 9.17) is 27.6 Å². The van der Waals surface area contributed by atoms with Crippen LogP contribution in [-0.4, -0.2) is 40.3 Å². The Labute approximate surface area is 163 Å². The summed E-state index contributed by atoms with van der Waals surface area (Å²) in [6.45, 7) is 1.31. The topological polar surface area (TPSA) is 108 Å². The number of anilines is 1. The van der Waals surface area contributed by atoms with Gasteiger partial charge in [0, 0.05) is 12.7 Å². The van der Waals surface area contributed by atoms with Crippen LogP contribution in [0.1, 0.15) is 16.1 Å². The Morgan fingerprint density at radius 3 is 2.74 bits per heavy atom. The Hall–Kier alpha value is -2.84. The number of benzene rings is 1. The Morgan fingerprint density at radius 1 is 1.30 bits per heavy atom. The standard InChI is InChI=1S/C17H14Cl2N4O4/c1-8-13(14-15(25)20-7-21-16(14)27-8)17(26)23(2)6-12(24)22-9-3-4-10(18)11(19)5-9/h3-5,7H,6H2,1-2H3,(H,22,24)(H,20,21,25). The third kappa shape index (κ3) is 3.81. The second-order valence-corrected chi connectivity index (χ2v) is 6.60. The number of nitrogens with one attached hydrogen (secondary N) is 2. The molecule has 0 unspecified atom stereocenters. The average molecular weight is 409 g/mol. The molecule has 0 aliphatic rings. The summed E-state index contributed by atoms with van der Waals surface area (Å²) in [6.07, 6.45) is 1.19. The summed E-state index contributed by atoms with van der Waals surface area (Å²) in [7, 11) is 1.44. The van der Waals surface area contributed by atoms with Gasteiger partial charge in [0.2, 0.25) is 11.6 Å². The van der Waals surface area contributed by atoms with Crippen molar-refractivity contribution in [2.75, 3.05) is 18.9 Å². The predicted octanol–water partition coefficient (Wildman–Crippen LogP) is 2.84. The van der Waals surface area contributed by atoms with Gasteiger partial charge < -0.3 is 19.6 Å². The van der Waals surface area contributed by atoms with E-state index in [0.717, 1.165) is 0 Å². The monoisotopic (exact) mass is 408 g/mol. The van der Waals surface area contributed by atoms with Crippen LogP contribution in [0.2, 0.25) is 10.0 Å². The van der Waals surface area contributed by atoms with Crippen molar-refractivity contribution in [1.82, 2.24) is 14.9 Å². The lowest BCUT2D eigenvalue weighted by atomic mass is 10.1. The third-order valence-corrected chi connectivity index (χ3v) is 4.55. The molecule has 0 aliphatic heterocycles. The van der Waals surface area contributed by atoms with E-state index >= 15 is 0 Å². The second kappa shape index (κ2) is 7.42. The van der Waals surface area contributed by atoms with Crippen molar-refractivity contribution in [1.29, 1.82) is 0 Å². The molecule has 0 bridgehead atoms. The van der Waals surface area contributed by atoms with Gasteiger partial charge in [0.15, 0.2) is 0 Å². The Morgan fingerprint density at radius 2 is 2.04 bits per heavy atom. The van der Waals surface area contributed by atoms with Gasteiger partial charge in [0.1, 0.15) is 11.1 Å². The first kappa shape index (κ1) is 18.9. The summed E-state index contributed by atoms with van der Waals surface area (Å²) >= 11 is 11.7. The number of aromatic nitrogens is 2. The van der Waals surface area contributed by atoms with Crippen LogP contribution >= 0.6 is 23.2 Å². The molecule has 0 aliphatic carbocycles. The summed E-state index contributed by atoms with van der Waals surface area (Å²) in [4.78, 5) is 44.5. The highest BCUT2D eigenvalue weighted by Gasteiger charge is 2.25. The zero-order valence-electron chi connectivity index (χ0n) is 14.3. The molecule has 0 saturated carbocycles. The highest BCUT2D eigenvalue weighted by Crippen LogP contribution is 2.25. The molecule has 0 radical (unpaired) electrons. The molecule has 0 atom stereocenters. The number of carbonyl (C=O) groups is 2. The van der Waals surface area contributed by atoms with Crippen LogP contribution < -0.4 is 10.9 Å². The summed E-state index contributed by atoms with van der Waals surface area (Å²) in [5.41, 5.74) is 0.0899. The molecular weight excluding hydrogens is 395 g/mol. The number of carbonyl (C=O) groups excluding carboxylic acids is 2. The molecule has 3 rings (SSSR count). The first-order valence-corrected chi connectivity index (χ1v) is 8.50. The lowest BCUT2D eigenvalue weighted by Gasteiger charge is -2.16. The fraction of sp³-hybridized carbons (Fsp3) is 0.176. The zero-order valence-corrected chi connectivity index (χ0v) is 15.8. The molecule has 3 aromatic rings. The van der Waals surface area contributed by atoms with Crippen molar-refractivity contribution in [3.05, 3.63) is 56.2 Å². The van der Waals surface area contributed by atoms with Crippen LogP contribution in [0.25, 0.3) is 11.1 Å². The summed E-state index contributed by atoms with van der Waals surface area (Å²) in [6, 6.07) is 4.64. The molecule has 27 heavy (non-hydrogen) atoms. The largest absolute Gasteiger partial charge is 0.442 e. The molecule has 0 fully saturated rings. The number of hydrogen-bond acceptors (Lipinski definition) is 5. The number of fused-ring (bicyclic) bond motifs is 1. The number of amides is 2. The Kier molecular flexibility index (Phi) is 5.20. The minimum absolute atomic E-state index is 0.0525. The quantitative estimate of drug-likeness (QED) is 0.689. The Balaban J connectivity index is 1.78. The number of aromatic amines is 1. The summed E-state index contributed by atoms with van der Waals surface area (Å²) < 4.78 is 5.37. The van der Waals surface area contributed by atoms with Gasteiger partial charge in [-0.15, -0.1) is 0 Å². The summed E-state index contributed by atoms with van der Waals surface area (Å²) in [5, 5.41) is 3.34. The molecule has 8 nitrogen and oxygen atoms in total. The maximum absolute atomic E-state index is 12.7. The van der Waals surface area contributed by atoms with Crippen molar-refractivity contribution in [3.8, 4) is 0 Å². The number of furan rings is 1. The van der Waals surface area contributed by atoms with Gasteiger partial charge in [-0.1, -0.05) is 23.2 Å². The van der Waals surface area contributed by atoms with E-state index in [1.54, 1.807) is 19.1 Å². The minimum Gasteiger partial charge on any atom is -0.442 e. The van der Waals surface area contributed by atoms with Gasteiger partial charge in [-0.2, -0.15) is 0 Å². The number of likely N-dealkylation sites (N-methyl/N-ethyl adjacent to an activating group) is 1. The number of H-pyrrole nitrogens is 1. The van der Waals surface area contributed by atoms with Crippen LogP contribution in [0, 0.1) is 6.92 Å². The Bertz CT molecular complexity index is 1110. The number of aryl methyl sites for hydroxylation is 1. The van der Waals surface area contributed by atoms with E-state index < -0.39 is 17.4 Å². The van der Waals surface area contributed by atoms with E-state index in [-0.39, 0.29) is 29.0 Å². The molecule has 0 saturated heterocycles. The highest BCUT2D eigenvalue weighted by molar-refractivity contribution is 6.42. The van der Waals surface area contributed by atoms with Crippen molar-refractivity contribution < 1.29 is 14.0 Å². The maximum atomic E-state index is 12.7. The van der Waals surface area contributed by atoms with Crippen LogP contribution in [0.4, 0.5) is 5.69 Å². The first-order chi connectivity index (χ1) is 12.8.